The van der Waals surface area contributed by atoms with Crippen molar-refractivity contribution in [3.05, 3.63) is 30.3 Å². The Morgan fingerprint density at radius 1 is 1.28 bits per heavy atom. The minimum Gasteiger partial charge on any atom is -0.453 e. The topological polar surface area (TPSA) is 88.8 Å². The Hall–Kier alpha value is -1.86. The summed E-state index contributed by atoms with van der Waals surface area (Å²) in [5.74, 6) is 0.518. The lowest BCUT2D eigenvalue weighted by Crippen LogP contribution is -1.92. The molecule has 0 aliphatic heterocycles. The van der Waals surface area contributed by atoms with Gasteiger partial charge in [0.25, 0.3) is 14.2 Å². The molecule has 2 aromatic heterocycles. The van der Waals surface area contributed by atoms with E-state index in [9.17, 15) is 8.42 Å². The number of furan rings is 1. The van der Waals surface area contributed by atoms with Crippen LogP contribution >= 0.6 is 10.7 Å². The van der Waals surface area contributed by atoms with Gasteiger partial charge in [0, 0.05) is 16.1 Å². The highest BCUT2D eigenvalue weighted by Crippen LogP contribution is 2.25. The summed E-state index contributed by atoms with van der Waals surface area (Å²) in [4.78, 5) is 3.77. The number of halogens is 1. The molecule has 0 fully saturated rings. The second kappa shape index (κ2) is 3.82. The maximum Gasteiger partial charge on any atom is 0.296 e. The fourth-order valence-corrected chi connectivity index (χ4v) is 2.12. The number of benzene rings is 1. The van der Waals surface area contributed by atoms with Crippen molar-refractivity contribution < 1.29 is 12.8 Å². The zero-order valence-electron chi connectivity index (χ0n) is 8.79. The Kier molecular flexibility index (Phi) is 2.39. The third kappa shape index (κ3) is 1.87. The molecule has 0 saturated heterocycles. The highest BCUT2D eigenvalue weighted by Gasteiger charge is 2.18. The minimum atomic E-state index is -3.92. The summed E-state index contributed by atoms with van der Waals surface area (Å²) in [5.41, 5.74) is 0.674. The first-order valence-electron chi connectivity index (χ1n) is 4.90. The molecule has 0 spiro atoms. The Balaban J connectivity index is 2.12. The van der Waals surface area contributed by atoms with E-state index < -0.39 is 14.2 Å². The van der Waals surface area contributed by atoms with Gasteiger partial charge < -0.3 is 4.42 Å². The van der Waals surface area contributed by atoms with E-state index in [1.54, 1.807) is 12.1 Å². The summed E-state index contributed by atoms with van der Waals surface area (Å²) >= 11 is 0. The normalized spacial score (nSPS) is 12.1. The fraction of sp³-hybridized carbons (Fsp3) is 0. The molecule has 0 saturated carbocycles. The Morgan fingerprint density at radius 2 is 2.06 bits per heavy atom. The Bertz CT molecular complexity index is 789. The molecule has 8 heteroatoms. The van der Waals surface area contributed by atoms with Crippen LogP contribution in [0.2, 0.25) is 0 Å². The molecule has 0 bridgehead atoms. The first-order chi connectivity index (χ1) is 8.54. The summed E-state index contributed by atoms with van der Waals surface area (Å²) in [6.45, 7) is 0. The molecule has 0 atom stereocenters. The largest absolute Gasteiger partial charge is 0.453 e. The van der Waals surface area contributed by atoms with Crippen molar-refractivity contribution in [2.24, 2.45) is 0 Å². The maximum absolute atomic E-state index is 11.1. The van der Waals surface area contributed by atoms with Gasteiger partial charge in [0.1, 0.15) is 5.58 Å². The molecule has 0 amide bonds. The average Bonchev–Trinajstić information content (AvgIpc) is 2.94. The van der Waals surface area contributed by atoms with Gasteiger partial charge in [0.15, 0.2) is 5.76 Å². The highest BCUT2D eigenvalue weighted by molar-refractivity contribution is 8.13. The lowest BCUT2D eigenvalue weighted by molar-refractivity contribution is 0.602. The van der Waals surface area contributed by atoms with Gasteiger partial charge in [0.05, 0.1) is 0 Å². The van der Waals surface area contributed by atoms with E-state index in [4.69, 9.17) is 15.1 Å². The molecule has 6 nitrogen and oxygen atoms in total. The number of rotatable bonds is 2. The zero-order chi connectivity index (χ0) is 12.8. The van der Waals surface area contributed by atoms with Gasteiger partial charge in [0.2, 0.25) is 5.82 Å². The fourth-order valence-electron chi connectivity index (χ4n) is 1.56. The predicted molar refractivity (Wildman–Crippen MR) is 64.6 cm³/mol. The van der Waals surface area contributed by atoms with Crippen LogP contribution in [-0.4, -0.2) is 23.6 Å². The number of aromatic nitrogens is 3. The number of para-hydroxylation sites is 1. The quantitative estimate of drug-likeness (QED) is 0.728. The van der Waals surface area contributed by atoms with Crippen LogP contribution in [0.15, 0.2) is 39.9 Å². The summed E-state index contributed by atoms with van der Waals surface area (Å²) in [7, 11) is 1.23. The van der Waals surface area contributed by atoms with E-state index in [2.05, 4.69) is 15.2 Å². The number of hydrogen-bond acceptors (Lipinski definition) is 5. The molecule has 0 aliphatic rings. The molecule has 0 radical (unpaired) electrons. The van der Waals surface area contributed by atoms with Crippen molar-refractivity contribution in [1.29, 1.82) is 0 Å². The first-order valence-corrected chi connectivity index (χ1v) is 7.21. The van der Waals surface area contributed by atoms with Gasteiger partial charge in [-0.05, 0) is 12.1 Å². The molecule has 1 N–H and O–H groups in total. The van der Waals surface area contributed by atoms with Crippen molar-refractivity contribution in [2.75, 3.05) is 0 Å². The van der Waals surface area contributed by atoms with Crippen LogP contribution in [0.25, 0.3) is 22.6 Å². The number of H-pyrrole nitrogens is 1. The van der Waals surface area contributed by atoms with Gasteiger partial charge in [-0.1, -0.05) is 18.2 Å². The Labute approximate surface area is 106 Å². The second-order valence-electron chi connectivity index (χ2n) is 3.55. The molecular formula is C10H6ClN3O3S. The molecule has 92 valence electrons. The second-order valence-corrected chi connectivity index (χ2v) is 6.03. The van der Waals surface area contributed by atoms with Gasteiger partial charge in [-0.15, -0.1) is 5.10 Å². The van der Waals surface area contributed by atoms with Crippen molar-refractivity contribution in [2.45, 2.75) is 5.16 Å². The van der Waals surface area contributed by atoms with E-state index in [0.717, 1.165) is 5.39 Å². The number of nitrogens with zero attached hydrogens (tertiary/aromatic N) is 2. The van der Waals surface area contributed by atoms with E-state index >= 15 is 0 Å². The van der Waals surface area contributed by atoms with E-state index in [0.29, 0.717) is 11.3 Å². The SMILES string of the molecule is O=S(=O)(Cl)c1nc(-c2cc3ccccc3o2)n[nH]1. The molecule has 3 rings (SSSR count). The van der Waals surface area contributed by atoms with Crippen molar-refractivity contribution >= 4 is 30.7 Å². The van der Waals surface area contributed by atoms with Gasteiger partial charge in [-0.25, -0.2) is 13.5 Å². The first kappa shape index (κ1) is 11.2. The van der Waals surface area contributed by atoms with E-state index in [1.165, 1.54) is 0 Å². The van der Waals surface area contributed by atoms with Crippen LogP contribution < -0.4 is 0 Å². The lowest BCUT2D eigenvalue weighted by Gasteiger charge is -1.85. The molecular weight excluding hydrogens is 278 g/mol. The van der Waals surface area contributed by atoms with Crippen LogP contribution in [0.5, 0.6) is 0 Å². The maximum atomic E-state index is 11.1. The molecule has 0 aliphatic carbocycles. The summed E-state index contributed by atoms with van der Waals surface area (Å²) in [5, 5.41) is 6.48. The van der Waals surface area contributed by atoms with Crippen LogP contribution in [0, 0.1) is 0 Å². The third-order valence-electron chi connectivity index (χ3n) is 2.34. The number of hydrogen-bond donors (Lipinski definition) is 1. The van der Waals surface area contributed by atoms with Crippen LogP contribution in [0.3, 0.4) is 0 Å². The summed E-state index contributed by atoms with van der Waals surface area (Å²) in [6, 6.07) is 9.10. The summed E-state index contributed by atoms with van der Waals surface area (Å²) in [6.07, 6.45) is 0. The monoisotopic (exact) mass is 283 g/mol. The average molecular weight is 284 g/mol. The van der Waals surface area contributed by atoms with Crippen molar-refractivity contribution in [3.63, 3.8) is 0 Å². The summed E-state index contributed by atoms with van der Waals surface area (Å²) < 4.78 is 27.6. The van der Waals surface area contributed by atoms with Gasteiger partial charge in [-0.2, -0.15) is 4.98 Å². The van der Waals surface area contributed by atoms with Gasteiger partial charge in [-0.3, -0.25) is 0 Å². The molecule has 0 unspecified atom stereocenters. The van der Waals surface area contributed by atoms with Crippen molar-refractivity contribution in [1.82, 2.24) is 15.2 Å². The molecule has 1 aromatic carbocycles. The number of aromatic amines is 1. The van der Waals surface area contributed by atoms with E-state index in [-0.39, 0.29) is 5.82 Å². The van der Waals surface area contributed by atoms with Crippen LogP contribution in [-0.2, 0) is 9.05 Å². The van der Waals surface area contributed by atoms with E-state index in [1.807, 2.05) is 18.2 Å². The molecule has 18 heavy (non-hydrogen) atoms. The Morgan fingerprint density at radius 3 is 2.72 bits per heavy atom. The molecule has 2 heterocycles. The standard InChI is InChI=1S/C10H6ClN3O3S/c11-18(15,16)10-12-9(13-14-10)8-5-6-3-1-2-4-7(6)17-8/h1-5H,(H,12,13,14). The highest BCUT2D eigenvalue weighted by atomic mass is 35.7. The third-order valence-corrected chi connectivity index (χ3v) is 3.42. The van der Waals surface area contributed by atoms with Crippen LogP contribution in [0.1, 0.15) is 0 Å². The number of nitrogens with one attached hydrogen (secondary N) is 1. The minimum absolute atomic E-state index is 0.144. The number of fused-ring (bicyclic) bond motifs is 1. The van der Waals surface area contributed by atoms with Gasteiger partial charge >= 0.3 is 0 Å². The molecule has 3 aromatic rings. The smallest absolute Gasteiger partial charge is 0.296 e. The zero-order valence-corrected chi connectivity index (χ0v) is 10.4. The van der Waals surface area contributed by atoms with Crippen molar-refractivity contribution in [3.8, 4) is 11.6 Å². The lowest BCUT2D eigenvalue weighted by atomic mass is 10.2. The van der Waals surface area contributed by atoms with Crippen LogP contribution in [0.4, 0.5) is 0 Å². The predicted octanol–water partition coefficient (Wildman–Crippen LogP) is 2.15.